The lowest BCUT2D eigenvalue weighted by Crippen LogP contribution is -2.33. The summed E-state index contributed by atoms with van der Waals surface area (Å²) in [6.45, 7) is 5.49. The molecule has 0 aliphatic rings. The summed E-state index contributed by atoms with van der Waals surface area (Å²) in [5.41, 5.74) is 6.58. The molecule has 1 amide bonds. The third kappa shape index (κ3) is 5.19. The molecule has 0 fully saturated rings. The molecule has 0 saturated heterocycles. The first-order valence-electron chi connectivity index (χ1n) is 5.95. The fraction of sp³-hybridized carbons (Fsp3) is 0.583. The minimum atomic E-state index is 0.103. The second kappa shape index (κ2) is 7.29. The van der Waals surface area contributed by atoms with Crippen molar-refractivity contribution < 1.29 is 4.79 Å². The third-order valence-electron chi connectivity index (χ3n) is 2.61. The van der Waals surface area contributed by atoms with Crippen LogP contribution in [-0.2, 0) is 11.3 Å². The van der Waals surface area contributed by atoms with Crippen LogP contribution in [0.5, 0.6) is 0 Å². The highest BCUT2D eigenvalue weighted by atomic mass is 32.1. The van der Waals surface area contributed by atoms with Gasteiger partial charge in [-0.25, -0.2) is 0 Å². The fourth-order valence-corrected chi connectivity index (χ4v) is 2.12. The largest absolute Gasteiger partial charge is 0.398 e. The van der Waals surface area contributed by atoms with Gasteiger partial charge in [0.25, 0.3) is 0 Å². The van der Waals surface area contributed by atoms with Gasteiger partial charge in [-0.1, -0.05) is 6.92 Å². The molecule has 1 heterocycles. The fourth-order valence-electron chi connectivity index (χ4n) is 1.35. The van der Waals surface area contributed by atoms with Gasteiger partial charge in [-0.3, -0.25) is 4.79 Å². The molecule has 1 rings (SSSR count). The van der Waals surface area contributed by atoms with Crippen LogP contribution in [0.4, 0.5) is 5.69 Å². The lowest BCUT2D eigenvalue weighted by Gasteiger charge is -2.11. The topological polar surface area (TPSA) is 67.2 Å². The zero-order valence-corrected chi connectivity index (χ0v) is 11.3. The van der Waals surface area contributed by atoms with Crippen LogP contribution in [-0.4, -0.2) is 18.5 Å². The Hall–Kier alpha value is -1.07. The van der Waals surface area contributed by atoms with E-state index < -0.39 is 0 Å². The number of nitrogens with one attached hydrogen (secondary N) is 2. The van der Waals surface area contributed by atoms with Crippen molar-refractivity contribution in [2.45, 2.75) is 39.3 Å². The first-order chi connectivity index (χ1) is 8.13. The van der Waals surface area contributed by atoms with E-state index in [1.807, 2.05) is 18.4 Å². The number of thiophene rings is 1. The number of amides is 1. The zero-order chi connectivity index (χ0) is 12.7. The molecule has 5 heteroatoms. The molecule has 0 spiro atoms. The summed E-state index contributed by atoms with van der Waals surface area (Å²) < 4.78 is 0. The second-order valence-corrected chi connectivity index (χ2v) is 5.10. The molecule has 0 aliphatic carbocycles. The van der Waals surface area contributed by atoms with Crippen LogP contribution >= 0.6 is 11.3 Å². The van der Waals surface area contributed by atoms with Gasteiger partial charge in [-0.2, -0.15) is 0 Å². The Morgan fingerprint density at radius 1 is 1.59 bits per heavy atom. The van der Waals surface area contributed by atoms with Gasteiger partial charge >= 0.3 is 0 Å². The minimum Gasteiger partial charge on any atom is -0.398 e. The number of rotatable bonds is 7. The highest BCUT2D eigenvalue weighted by Crippen LogP contribution is 2.17. The Balaban J connectivity index is 2.12. The van der Waals surface area contributed by atoms with Crippen molar-refractivity contribution >= 4 is 22.9 Å². The third-order valence-corrected chi connectivity index (χ3v) is 3.55. The Morgan fingerprint density at radius 3 is 2.94 bits per heavy atom. The van der Waals surface area contributed by atoms with Crippen molar-refractivity contribution in [3.63, 3.8) is 0 Å². The van der Waals surface area contributed by atoms with Gasteiger partial charge in [0.05, 0.1) is 0 Å². The van der Waals surface area contributed by atoms with Gasteiger partial charge < -0.3 is 16.4 Å². The van der Waals surface area contributed by atoms with Crippen molar-refractivity contribution in [2.24, 2.45) is 0 Å². The molecule has 0 aromatic carbocycles. The number of hydrogen-bond acceptors (Lipinski definition) is 4. The van der Waals surface area contributed by atoms with E-state index in [4.69, 9.17) is 5.73 Å². The quantitative estimate of drug-likeness (QED) is 0.650. The summed E-state index contributed by atoms with van der Waals surface area (Å²) in [5.74, 6) is 0.103. The van der Waals surface area contributed by atoms with Crippen LogP contribution < -0.4 is 16.4 Å². The summed E-state index contributed by atoms with van der Waals surface area (Å²) in [6.07, 6.45) is 1.47. The van der Waals surface area contributed by atoms with Crippen molar-refractivity contribution in [1.29, 1.82) is 0 Å². The maximum Gasteiger partial charge on any atom is 0.221 e. The summed E-state index contributed by atoms with van der Waals surface area (Å²) >= 11 is 1.63. The molecule has 1 aromatic heterocycles. The molecule has 1 unspecified atom stereocenters. The van der Waals surface area contributed by atoms with Crippen molar-refractivity contribution in [3.8, 4) is 0 Å². The van der Waals surface area contributed by atoms with Crippen molar-refractivity contribution in [2.75, 3.05) is 12.3 Å². The zero-order valence-electron chi connectivity index (χ0n) is 10.5. The second-order valence-electron chi connectivity index (χ2n) is 4.10. The van der Waals surface area contributed by atoms with E-state index in [2.05, 4.69) is 17.6 Å². The highest BCUT2D eigenvalue weighted by Gasteiger charge is 2.05. The number of hydrogen-bond donors (Lipinski definition) is 3. The number of carbonyl (C=O) groups is 1. The molecular formula is C12H21N3OS. The molecule has 4 N–H and O–H groups in total. The van der Waals surface area contributed by atoms with E-state index >= 15 is 0 Å². The van der Waals surface area contributed by atoms with Gasteiger partial charge in [0.15, 0.2) is 0 Å². The Labute approximate surface area is 107 Å². The van der Waals surface area contributed by atoms with Gasteiger partial charge in [0.2, 0.25) is 5.91 Å². The average Bonchev–Trinajstić information content (AvgIpc) is 2.70. The first kappa shape index (κ1) is 14.0. The maximum absolute atomic E-state index is 11.5. The lowest BCUT2D eigenvalue weighted by molar-refractivity contribution is -0.121. The SMILES string of the molecule is CCC(C)NC(=O)CCNCc1sccc1N. The molecule has 96 valence electrons. The molecule has 17 heavy (non-hydrogen) atoms. The monoisotopic (exact) mass is 255 g/mol. The Morgan fingerprint density at radius 2 is 2.35 bits per heavy atom. The van der Waals surface area contributed by atoms with E-state index in [9.17, 15) is 4.79 Å². The van der Waals surface area contributed by atoms with Crippen LogP contribution in [0.25, 0.3) is 0 Å². The van der Waals surface area contributed by atoms with Gasteiger partial charge in [-0.15, -0.1) is 11.3 Å². The predicted molar refractivity (Wildman–Crippen MR) is 73.0 cm³/mol. The van der Waals surface area contributed by atoms with Gasteiger partial charge in [0.1, 0.15) is 0 Å². The molecule has 0 radical (unpaired) electrons. The van der Waals surface area contributed by atoms with Gasteiger partial charge in [-0.05, 0) is 24.8 Å². The molecule has 0 saturated carbocycles. The first-order valence-corrected chi connectivity index (χ1v) is 6.83. The van der Waals surface area contributed by atoms with E-state index in [-0.39, 0.29) is 11.9 Å². The number of nitrogens with two attached hydrogens (primary N) is 1. The van der Waals surface area contributed by atoms with Crippen molar-refractivity contribution in [1.82, 2.24) is 10.6 Å². The van der Waals surface area contributed by atoms with Gasteiger partial charge in [0, 0.05) is 36.1 Å². The van der Waals surface area contributed by atoms with E-state index in [0.29, 0.717) is 13.0 Å². The molecule has 0 aliphatic heterocycles. The highest BCUT2D eigenvalue weighted by molar-refractivity contribution is 7.10. The van der Waals surface area contributed by atoms with E-state index in [1.54, 1.807) is 11.3 Å². The summed E-state index contributed by atoms with van der Waals surface area (Å²) in [7, 11) is 0. The smallest absolute Gasteiger partial charge is 0.221 e. The molecule has 0 bridgehead atoms. The molecule has 4 nitrogen and oxygen atoms in total. The van der Waals surface area contributed by atoms with Crippen LogP contribution in [0.3, 0.4) is 0 Å². The standard InChI is InChI=1S/C12H21N3OS/c1-3-9(2)15-12(16)4-6-14-8-11-10(13)5-7-17-11/h5,7,9,14H,3-4,6,8,13H2,1-2H3,(H,15,16). The summed E-state index contributed by atoms with van der Waals surface area (Å²) in [4.78, 5) is 12.6. The minimum absolute atomic E-state index is 0.103. The van der Waals surface area contributed by atoms with Crippen LogP contribution in [0.1, 0.15) is 31.6 Å². The molecule has 1 atom stereocenters. The summed E-state index contributed by atoms with van der Waals surface area (Å²) in [6, 6.07) is 2.16. The van der Waals surface area contributed by atoms with E-state index in [1.165, 1.54) is 0 Å². The summed E-state index contributed by atoms with van der Waals surface area (Å²) in [5, 5.41) is 8.13. The lowest BCUT2D eigenvalue weighted by atomic mass is 10.2. The molecular weight excluding hydrogens is 234 g/mol. The van der Waals surface area contributed by atoms with Crippen LogP contribution in [0, 0.1) is 0 Å². The Kier molecular flexibility index (Phi) is 6.00. The van der Waals surface area contributed by atoms with Crippen LogP contribution in [0.15, 0.2) is 11.4 Å². The van der Waals surface area contributed by atoms with Crippen LogP contribution in [0.2, 0.25) is 0 Å². The van der Waals surface area contributed by atoms with Crippen molar-refractivity contribution in [3.05, 3.63) is 16.3 Å². The molecule has 1 aromatic rings. The van der Waals surface area contributed by atoms with E-state index in [0.717, 1.165) is 23.5 Å². The normalized spacial score (nSPS) is 12.4. The number of anilines is 1. The number of nitrogen functional groups attached to an aromatic ring is 1. The Bertz CT molecular complexity index is 351. The maximum atomic E-state index is 11.5. The predicted octanol–water partition coefficient (Wildman–Crippen LogP) is 1.72. The number of carbonyl (C=O) groups excluding carboxylic acids is 1. The average molecular weight is 255 g/mol.